The van der Waals surface area contributed by atoms with Gasteiger partial charge >= 0.3 is 0 Å². The summed E-state index contributed by atoms with van der Waals surface area (Å²) in [6.45, 7) is 4.54. The Hall–Kier alpha value is -0.570. The lowest BCUT2D eigenvalue weighted by molar-refractivity contribution is -0.122. The number of carbonyl (C=O) groups is 1. The van der Waals surface area contributed by atoms with Crippen molar-refractivity contribution in [3.8, 4) is 0 Å². The van der Waals surface area contributed by atoms with Crippen LogP contribution in [0.2, 0.25) is 0 Å². The van der Waals surface area contributed by atoms with Crippen LogP contribution >= 0.6 is 0 Å². The first-order valence-electron chi connectivity index (χ1n) is 4.91. The molecule has 0 bridgehead atoms. The summed E-state index contributed by atoms with van der Waals surface area (Å²) >= 11 is 0. The minimum absolute atomic E-state index is 0.108. The summed E-state index contributed by atoms with van der Waals surface area (Å²) in [6, 6.07) is 0. The van der Waals surface area contributed by atoms with E-state index in [0.717, 1.165) is 0 Å². The predicted octanol–water partition coefficient (Wildman–Crippen LogP) is 0.921. The van der Waals surface area contributed by atoms with Crippen LogP contribution in [0.5, 0.6) is 0 Å². The Balaban J connectivity index is 2.13. The van der Waals surface area contributed by atoms with Crippen molar-refractivity contribution < 1.29 is 9.90 Å². The number of rotatable bonds is 5. The largest absolute Gasteiger partial charge is 0.396 e. The van der Waals surface area contributed by atoms with Gasteiger partial charge in [-0.25, -0.2) is 0 Å². The molecular weight excluding hydrogens is 166 g/mol. The topological polar surface area (TPSA) is 49.3 Å². The number of aliphatic hydroxyl groups is 1. The van der Waals surface area contributed by atoms with E-state index >= 15 is 0 Å². The number of amides is 1. The first-order chi connectivity index (χ1) is 6.03. The molecule has 0 spiro atoms. The van der Waals surface area contributed by atoms with Crippen LogP contribution in [0.25, 0.3) is 0 Å². The SMILES string of the molecule is CC(C)(CO)CNC(=O)CC1CC1. The van der Waals surface area contributed by atoms with Crippen molar-refractivity contribution in [3.63, 3.8) is 0 Å². The molecule has 1 amide bonds. The fourth-order valence-electron chi connectivity index (χ4n) is 1.05. The summed E-state index contributed by atoms with van der Waals surface area (Å²) in [5, 5.41) is 11.8. The third-order valence-electron chi connectivity index (χ3n) is 2.36. The van der Waals surface area contributed by atoms with Crippen LogP contribution < -0.4 is 5.32 Å². The Morgan fingerprint density at radius 2 is 2.15 bits per heavy atom. The van der Waals surface area contributed by atoms with Gasteiger partial charge in [0.25, 0.3) is 0 Å². The van der Waals surface area contributed by atoms with Crippen molar-refractivity contribution in [2.45, 2.75) is 33.1 Å². The molecule has 1 rings (SSSR count). The zero-order valence-electron chi connectivity index (χ0n) is 8.47. The Morgan fingerprint density at radius 1 is 1.54 bits per heavy atom. The highest BCUT2D eigenvalue weighted by Crippen LogP contribution is 2.32. The second-order valence-corrected chi connectivity index (χ2v) is 4.75. The van der Waals surface area contributed by atoms with Crippen LogP contribution in [-0.2, 0) is 4.79 Å². The molecule has 0 aliphatic heterocycles. The molecule has 0 aromatic rings. The molecule has 0 aromatic heterocycles. The van der Waals surface area contributed by atoms with Gasteiger partial charge in [-0.2, -0.15) is 0 Å². The van der Waals surface area contributed by atoms with Crippen LogP contribution in [0.3, 0.4) is 0 Å². The maximum atomic E-state index is 11.3. The Morgan fingerprint density at radius 3 is 2.62 bits per heavy atom. The summed E-state index contributed by atoms with van der Waals surface area (Å²) in [6.07, 6.45) is 3.08. The van der Waals surface area contributed by atoms with Crippen LogP contribution in [-0.4, -0.2) is 24.2 Å². The van der Waals surface area contributed by atoms with Crippen LogP contribution in [0.15, 0.2) is 0 Å². The molecule has 3 nitrogen and oxygen atoms in total. The molecule has 1 aliphatic rings. The van der Waals surface area contributed by atoms with Gasteiger partial charge in [-0.3, -0.25) is 4.79 Å². The van der Waals surface area contributed by atoms with E-state index in [1.807, 2.05) is 13.8 Å². The van der Waals surface area contributed by atoms with Gasteiger partial charge in [0.15, 0.2) is 0 Å². The van der Waals surface area contributed by atoms with Crippen molar-refractivity contribution in [1.82, 2.24) is 5.32 Å². The molecule has 0 atom stereocenters. The summed E-state index contributed by atoms with van der Waals surface area (Å²) in [5.74, 6) is 0.765. The second kappa shape index (κ2) is 4.09. The van der Waals surface area contributed by atoms with E-state index < -0.39 is 0 Å². The van der Waals surface area contributed by atoms with Gasteiger partial charge in [-0.15, -0.1) is 0 Å². The average molecular weight is 185 g/mol. The number of aliphatic hydroxyl groups excluding tert-OH is 1. The summed E-state index contributed by atoms with van der Waals surface area (Å²) in [4.78, 5) is 11.3. The molecule has 0 heterocycles. The Bertz CT molecular complexity index is 185. The fourth-order valence-corrected chi connectivity index (χ4v) is 1.05. The third-order valence-corrected chi connectivity index (χ3v) is 2.36. The highest BCUT2D eigenvalue weighted by molar-refractivity contribution is 5.76. The van der Waals surface area contributed by atoms with E-state index in [9.17, 15) is 4.79 Å². The number of hydrogen-bond donors (Lipinski definition) is 2. The molecule has 2 N–H and O–H groups in total. The smallest absolute Gasteiger partial charge is 0.220 e. The van der Waals surface area contributed by atoms with Crippen molar-refractivity contribution in [1.29, 1.82) is 0 Å². The van der Waals surface area contributed by atoms with Crippen LogP contribution in [0.1, 0.15) is 33.1 Å². The fraction of sp³-hybridized carbons (Fsp3) is 0.900. The average Bonchev–Trinajstić information content (AvgIpc) is 2.85. The molecular formula is C10H19NO2. The van der Waals surface area contributed by atoms with E-state index in [0.29, 0.717) is 18.9 Å². The zero-order chi connectivity index (χ0) is 9.90. The minimum Gasteiger partial charge on any atom is -0.396 e. The molecule has 0 unspecified atom stereocenters. The zero-order valence-corrected chi connectivity index (χ0v) is 8.47. The standard InChI is InChI=1S/C10H19NO2/c1-10(2,7-12)6-11-9(13)5-8-3-4-8/h8,12H,3-7H2,1-2H3,(H,11,13). The lowest BCUT2D eigenvalue weighted by atomic mass is 9.95. The molecule has 0 aromatic carbocycles. The monoisotopic (exact) mass is 185 g/mol. The van der Waals surface area contributed by atoms with E-state index in [2.05, 4.69) is 5.32 Å². The van der Waals surface area contributed by atoms with E-state index in [1.54, 1.807) is 0 Å². The normalized spacial score (nSPS) is 17.2. The van der Waals surface area contributed by atoms with Crippen LogP contribution in [0, 0.1) is 11.3 Å². The highest BCUT2D eigenvalue weighted by atomic mass is 16.3. The lowest BCUT2D eigenvalue weighted by Gasteiger charge is -2.21. The molecule has 1 saturated carbocycles. The minimum atomic E-state index is -0.195. The van der Waals surface area contributed by atoms with Gasteiger partial charge in [0.2, 0.25) is 5.91 Å². The second-order valence-electron chi connectivity index (χ2n) is 4.75. The molecule has 1 aliphatic carbocycles. The van der Waals surface area contributed by atoms with Gasteiger partial charge in [0, 0.05) is 25.0 Å². The van der Waals surface area contributed by atoms with Gasteiger partial charge < -0.3 is 10.4 Å². The molecule has 1 fully saturated rings. The number of hydrogen-bond acceptors (Lipinski definition) is 2. The number of nitrogens with one attached hydrogen (secondary N) is 1. The van der Waals surface area contributed by atoms with Crippen molar-refractivity contribution in [2.24, 2.45) is 11.3 Å². The predicted molar refractivity (Wildman–Crippen MR) is 51.2 cm³/mol. The number of carbonyl (C=O) groups excluding carboxylic acids is 1. The molecule has 0 saturated heterocycles. The summed E-state index contributed by atoms with van der Waals surface area (Å²) in [5.41, 5.74) is -0.195. The Kier molecular flexibility index (Phi) is 3.31. The molecule has 3 heteroatoms. The van der Waals surface area contributed by atoms with E-state index in [-0.39, 0.29) is 17.9 Å². The van der Waals surface area contributed by atoms with E-state index in [4.69, 9.17) is 5.11 Å². The van der Waals surface area contributed by atoms with Gasteiger partial charge in [0.05, 0.1) is 0 Å². The maximum Gasteiger partial charge on any atom is 0.220 e. The quantitative estimate of drug-likeness (QED) is 0.669. The van der Waals surface area contributed by atoms with Crippen molar-refractivity contribution >= 4 is 5.91 Å². The highest BCUT2D eigenvalue weighted by Gasteiger charge is 2.25. The van der Waals surface area contributed by atoms with Crippen molar-refractivity contribution in [3.05, 3.63) is 0 Å². The lowest BCUT2D eigenvalue weighted by Crippen LogP contribution is -2.36. The van der Waals surface area contributed by atoms with Gasteiger partial charge in [-0.1, -0.05) is 13.8 Å². The Labute approximate surface area is 79.5 Å². The molecule has 76 valence electrons. The van der Waals surface area contributed by atoms with Crippen LogP contribution in [0.4, 0.5) is 0 Å². The van der Waals surface area contributed by atoms with Crippen molar-refractivity contribution in [2.75, 3.05) is 13.2 Å². The van der Waals surface area contributed by atoms with Gasteiger partial charge in [0.1, 0.15) is 0 Å². The maximum absolute atomic E-state index is 11.3. The molecule has 13 heavy (non-hydrogen) atoms. The first kappa shape index (κ1) is 10.5. The third kappa shape index (κ3) is 4.27. The summed E-state index contributed by atoms with van der Waals surface area (Å²) < 4.78 is 0. The first-order valence-corrected chi connectivity index (χ1v) is 4.91. The van der Waals surface area contributed by atoms with Gasteiger partial charge in [-0.05, 0) is 18.8 Å². The summed E-state index contributed by atoms with van der Waals surface area (Å²) in [7, 11) is 0. The molecule has 0 radical (unpaired) electrons. The van der Waals surface area contributed by atoms with E-state index in [1.165, 1.54) is 12.8 Å².